The molecule has 0 atom stereocenters. The highest BCUT2D eigenvalue weighted by molar-refractivity contribution is 7.89. The van der Waals surface area contributed by atoms with Crippen LogP contribution in [0.25, 0.3) is 0 Å². The summed E-state index contributed by atoms with van der Waals surface area (Å²) in [5, 5.41) is 10.9. The van der Waals surface area contributed by atoms with Gasteiger partial charge < -0.3 is 10.4 Å². The van der Waals surface area contributed by atoms with E-state index in [4.69, 9.17) is 28.3 Å². The molecule has 3 N–H and O–H groups in total. The number of nitrogens with one attached hydrogen (secondary N) is 2. The van der Waals surface area contributed by atoms with Crippen molar-refractivity contribution in [3.8, 4) is 0 Å². The molecule has 0 unspecified atom stereocenters. The molecular formula is C11H12Cl2N2O5S. The molecule has 0 saturated heterocycles. The summed E-state index contributed by atoms with van der Waals surface area (Å²) in [6.45, 7) is 1.55. The van der Waals surface area contributed by atoms with Gasteiger partial charge in [-0.2, -0.15) is 0 Å². The molecule has 1 aromatic rings. The number of hydrogen-bond donors (Lipinski definition) is 3. The molecule has 21 heavy (non-hydrogen) atoms. The second kappa shape index (κ2) is 7.08. The number of carboxylic acids is 1. The van der Waals surface area contributed by atoms with Gasteiger partial charge in [-0.1, -0.05) is 23.2 Å². The zero-order valence-corrected chi connectivity index (χ0v) is 13.1. The SMILES string of the molecule is CCNC(=O)CNS(=O)(=O)c1cc(C(=O)O)c(Cl)cc1Cl. The van der Waals surface area contributed by atoms with Gasteiger partial charge in [0.2, 0.25) is 15.9 Å². The molecule has 10 heteroatoms. The van der Waals surface area contributed by atoms with Gasteiger partial charge in [0, 0.05) is 6.54 Å². The lowest BCUT2D eigenvalue weighted by Gasteiger charge is -2.10. The summed E-state index contributed by atoms with van der Waals surface area (Å²) in [5.41, 5.74) is -0.403. The molecule has 1 rings (SSSR count). The van der Waals surface area contributed by atoms with E-state index in [1.54, 1.807) is 6.92 Å². The van der Waals surface area contributed by atoms with E-state index in [0.29, 0.717) is 6.54 Å². The standard InChI is InChI=1S/C11H12Cl2N2O5S/c1-2-14-10(16)5-15-21(19,20)9-3-6(11(17)18)7(12)4-8(9)13/h3-4,15H,2,5H2,1H3,(H,14,16)(H,17,18). The lowest BCUT2D eigenvalue weighted by Crippen LogP contribution is -2.36. The lowest BCUT2D eigenvalue weighted by atomic mass is 10.2. The number of halogens is 2. The Morgan fingerprint density at radius 1 is 1.24 bits per heavy atom. The van der Waals surface area contributed by atoms with E-state index in [1.807, 2.05) is 4.72 Å². The van der Waals surface area contributed by atoms with Crippen molar-refractivity contribution in [1.82, 2.24) is 10.0 Å². The predicted molar refractivity (Wildman–Crippen MR) is 77.3 cm³/mol. The van der Waals surface area contributed by atoms with E-state index in [0.717, 1.165) is 12.1 Å². The predicted octanol–water partition coefficient (Wildman–Crippen LogP) is 1.11. The third kappa shape index (κ3) is 4.57. The molecule has 0 aliphatic carbocycles. The zero-order valence-electron chi connectivity index (χ0n) is 10.8. The Kier molecular flexibility index (Phi) is 5.97. The van der Waals surface area contributed by atoms with Gasteiger partial charge in [-0.25, -0.2) is 17.9 Å². The third-order valence-electron chi connectivity index (χ3n) is 2.34. The average molecular weight is 355 g/mol. The second-order valence-electron chi connectivity index (χ2n) is 3.85. The van der Waals surface area contributed by atoms with E-state index in [2.05, 4.69) is 5.32 Å². The molecule has 0 fully saturated rings. The fourth-order valence-corrected chi connectivity index (χ4v) is 3.23. The molecule has 0 bridgehead atoms. The molecule has 0 aromatic heterocycles. The summed E-state index contributed by atoms with van der Waals surface area (Å²) in [7, 11) is -4.14. The molecule has 0 aliphatic heterocycles. The van der Waals surface area contributed by atoms with Crippen LogP contribution < -0.4 is 10.0 Å². The smallest absolute Gasteiger partial charge is 0.337 e. The number of aromatic carboxylic acids is 1. The highest BCUT2D eigenvalue weighted by Crippen LogP contribution is 2.28. The third-order valence-corrected chi connectivity index (χ3v) is 4.52. The maximum atomic E-state index is 12.0. The van der Waals surface area contributed by atoms with Gasteiger partial charge in [0.25, 0.3) is 0 Å². The molecule has 0 spiro atoms. The fraction of sp³-hybridized carbons (Fsp3) is 0.273. The number of benzene rings is 1. The van der Waals surface area contributed by atoms with Crippen molar-refractivity contribution in [2.75, 3.05) is 13.1 Å². The Bertz CT molecular complexity index is 675. The number of likely N-dealkylation sites (N-methyl/N-ethyl adjacent to an activating group) is 1. The monoisotopic (exact) mass is 354 g/mol. The summed E-state index contributed by atoms with van der Waals surface area (Å²) >= 11 is 11.4. The summed E-state index contributed by atoms with van der Waals surface area (Å²) in [5.74, 6) is -1.92. The number of amides is 1. The van der Waals surface area contributed by atoms with Crippen molar-refractivity contribution in [2.24, 2.45) is 0 Å². The van der Waals surface area contributed by atoms with E-state index < -0.39 is 38.9 Å². The van der Waals surface area contributed by atoms with Gasteiger partial charge in [-0.15, -0.1) is 0 Å². The van der Waals surface area contributed by atoms with E-state index in [9.17, 15) is 18.0 Å². The minimum absolute atomic E-state index is 0.185. The molecule has 0 aliphatic rings. The second-order valence-corrected chi connectivity index (χ2v) is 6.40. The Morgan fingerprint density at radius 2 is 1.86 bits per heavy atom. The molecule has 1 aromatic carbocycles. The zero-order chi connectivity index (χ0) is 16.2. The Morgan fingerprint density at radius 3 is 2.38 bits per heavy atom. The number of sulfonamides is 1. The van der Waals surface area contributed by atoms with Crippen LogP contribution in [0.3, 0.4) is 0 Å². The van der Waals surface area contributed by atoms with Crippen LogP contribution >= 0.6 is 23.2 Å². The molecule has 0 heterocycles. The summed E-state index contributed by atoms with van der Waals surface area (Å²) in [4.78, 5) is 21.7. The maximum absolute atomic E-state index is 12.0. The molecule has 116 valence electrons. The van der Waals surface area contributed by atoms with Gasteiger partial charge >= 0.3 is 5.97 Å². The van der Waals surface area contributed by atoms with Gasteiger partial charge in [-0.05, 0) is 19.1 Å². The molecule has 0 saturated carbocycles. The topological polar surface area (TPSA) is 113 Å². The van der Waals surface area contributed by atoms with Crippen molar-refractivity contribution >= 4 is 45.1 Å². The molecular weight excluding hydrogens is 343 g/mol. The normalized spacial score (nSPS) is 11.2. The van der Waals surface area contributed by atoms with Gasteiger partial charge in [0.15, 0.2) is 0 Å². The van der Waals surface area contributed by atoms with E-state index >= 15 is 0 Å². The van der Waals surface area contributed by atoms with E-state index in [1.165, 1.54) is 0 Å². The minimum Gasteiger partial charge on any atom is -0.478 e. The first kappa shape index (κ1) is 17.7. The van der Waals surface area contributed by atoms with Crippen LogP contribution in [-0.4, -0.2) is 38.5 Å². The van der Waals surface area contributed by atoms with Crippen LogP contribution in [0, 0.1) is 0 Å². The van der Waals surface area contributed by atoms with Crippen LogP contribution in [0.4, 0.5) is 0 Å². The highest BCUT2D eigenvalue weighted by atomic mass is 35.5. The first-order valence-electron chi connectivity index (χ1n) is 5.67. The summed E-state index contributed by atoms with van der Waals surface area (Å²) < 4.78 is 26.1. The van der Waals surface area contributed by atoms with Crippen molar-refractivity contribution in [3.05, 3.63) is 27.7 Å². The maximum Gasteiger partial charge on any atom is 0.337 e. The number of hydrogen-bond acceptors (Lipinski definition) is 4. The first-order chi connectivity index (χ1) is 9.69. The molecule has 7 nitrogen and oxygen atoms in total. The number of carboxylic acid groups (broad SMARTS) is 1. The van der Waals surface area contributed by atoms with Crippen molar-refractivity contribution in [3.63, 3.8) is 0 Å². The average Bonchev–Trinajstić information content (AvgIpc) is 2.36. The summed E-state index contributed by atoms with van der Waals surface area (Å²) in [6.07, 6.45) is 0. The number of carbonyl (C=O) groups is 2. The molecule has 1 amide bonds. The fourth-order valence-electron chi connectivity index (χ4n) is 1.40. The number of rotatable bonds is 6. The van der Waals surface area contributed by atoms with Crippen LogP contribution in [0.15, 0.2) is 17.0 Å². The first-order valence-corrected chi connectivity index (χ1v) is 7.91. The van der Waals surface area contributed by atoms with Crippen LogP contribution in [-0.2, 0) is 14.8 Å². The molecule has 0 radical (unpaired) electrons. The summed E-state index contributed by atoms with van der Waals surface area (Å²) in [6, 6.07) is 1.86. The van der Waals surface area contributed by atoms with E-state index in [-0.39, 0.29) is 10.0 Å². The van der Waals surface area contributed by atoms with Gasteiger partial charge in [-0.3, -0.25) is 4.79 Å². The van der Waals surface area contributed by atoms with Crippen molar-refractivity contribution < 1.29 is 23.1 Å². The lowest BCUT2D eigenvalue weighted by molar-refractivity contribution is -0.119. The Labute approximate surface area is 131 Å². The number of carbonyl (C=O) groups excluding carboxylic acids is 1. The van der Waals surface area contributed by atoms with Crippen molar-refractivity contribution in [1.29, 1.82) is 0 Å². The Balaban J connectivity index is 3.11. The van der Waals surface area contributed by atoms with Crippen molar-refractivity contribution in [2.45, 2.75) is 11.8 Å². The Hall–Kier alpha value is -1.35. The van der Waals surface area contributed by atoms with Gasteiger partial charge in [0.1, 0.15) is 4.90 Å². The van der Waals surface area contributed by atoms with Crippen LogP contribution in [0.2, 0.25) is 10.0 Å². The largest absolute Gasteiger partial charge is 0.478 e. The van der Waals surface area contributed by atoms with Crippen LogP contribution in [0.1, 0.15) is 17.3 Å². The quantitative estimate of drug-likeness (QED) is 0.708. The highest BCUT2D eigenvalue weighted by Gasteiger charge is 2.22. The van der Waals surface area contributed by atoms with Crippen LogP contribution in [0.5, 0.6) is 0 Å². The minimum atomic E-state index is -4.14. The van der Waals surface area contributed by atoms with Gasteiger partial charge in [0.05, 0.1) is 22.2 Å².